The normalized spacial score (nSPS) is 8.44. The standard InChI is InChI=1S/C14H13.C2H6.C2H4/c1-11-3-7-13(8-4-11)14-9-5-12(2)6-10-14;2*1-2/h3-10H,1H2,2H3;1-2H3;1-2H2. The monoisotopic (exact) mass is 239 g/mol. The van der Waals surface area contributed by atoms with Crippen LogP contribution in [0.3, 0.4) is 0 Å². The molecular formula is C18H23. The smallest absolute Gasteiger partial charge is 0.0184 e. The topological polar surface area (TPSA) is 0 Å². The minimum absolute atomic E-state index is 1.06. The van der Waals surface area contributed by atoms with Crippen LogP contribution in [-0.4, -0.2) is 0 Å². The summed E-state index contributed by atoms with van der Waals surface area (Å²) in [6.07, 6.45) is 0. The van der Waals surface area contributed by atoms with E-state index < -0.39 is 0 Å². The van der Waals surface area contributed by atoms with Gasteiger partial charge in [0.15, 0.2) is 0 Å². The van der Waals surface area contributed by atoms with Gasteiger partial charge in [-0.1, -0.05) is 67.9 Å². The average Bonchev–Trinajstić information content (AvgIpc) is 2.45. The summed E-state index contributed by atoms with van der Waals surface area (Å²) in [6, 6.07) is 16.8. The van der Waals surface area contributed by atoms with Crippen molar-refractivity contribution in [2.24, 2.45) is 0 Å². The Bertz CT molecular complexity index is 377. The summed E-state index contributed by atoms with van der Waals surface area (Å²) in [4.78, 5) is 0. The molecule has 0 spiro atoms. The zero-order valence-corrected chi connectivity index (χ0v) is 11.7. The van der Waals surface area contributed by atoms with Gasteiger partial charge < -0.3 is 0 Å². The van der Waals surface area contributed by atoms with Gasteiger partial charge in [-0.25, -0.2) is 0 Å². The second-order valence-electron chi connectivity index (χ2n) is 3.56. The maximum absolute atomic E-state index is 3.87. The molecule has 2 aromatic rings. The Hall–Kier alpha value is -1.82. The molecule has 0 heterocycles. The predicted molar refractivity (Wildman–Crippen MR) is 83.7 cm³/mol. The fraction of sp³-hybridized carbons (Fsp3) is 0.167. The number of hydrogen-bond donors (Lipinski definition) is 0. The number of benzene rings is 2. The Kier molecular flexibility index (Phi) is 8.30. The van der Waals surface area contributed by atoms with Crippen molar-refractivity contribution in [2.45, 2.75) is 20.8 Å². The van der Waals surface area contributed by atoms with Crippen LogP contribution >= 0.6 is 0 Å². The van der Waals surface area contributed by atoms with E-state index in [1.165, 1.54) is 16.7 Å². The van der Waals surface area contributed by atoms with E-state index in [1.54, 1.807) is 0 Å². The highest BCUT2D eigenvalue weighted by atomic mass is 14.0. The van der Waals surface area contributed by atoms with Gasteiger partial charge in [-0.2, -0.15) is 0 Å². The van der Waals surface area contributed by atoms with E-state index in [2.05, 4.69) is 63.4 Å². The third-order valence-electron chi connectivity index (χ3n) is 2.34. The van der Waals surface area contributed by atoms with Crippen molar-refractivity contribution in [2.75, 3.05) is 0 Å². The van der Waals surface area contributed by atoms with Crippen molar-refractivity contribution in [3.63, 3.8) is 0 Å². The fourth-order valence-corrected chi connectivity index (χ4v) is 1.44. The molecule has 0 aliphatic carbocycles. The van der Waals surface area contributed by atoms with E-state index in [1.807, 2.05) is 26.0 Å². The quantitative estimate of drug-likeness (QED) is 0.562. The van der Waals surface area contributed by atoms with Crippen molar-refractivity contribution >= 4 is 0 Å². The minimum Gasteiger partial charge on any atom is -0.106 e. The van der Waals surface area contributed by atoms with Crippen molar-refractivity contribution in [3.8, 4) is 11.1 Å². The predicted octanol–water partition coefficient (Wildman–Crippen LogP) is 5.67. The molecule has 0 N–H and O–H groups in total. The van der Waals surface area contributed by atoms with Gasteiger partial charge in [0.1, 0.15) is 0 Å². The van der Waals surface area contributed by atoms with Crippen LogP contribution in [0.4, 0.5) is 0 Å². The zero-order valence-electron chi connectivity index (χ0n) is 11.7. The summed E-state index contributed by atoms with van der Waals surface area (Å²) in [5, 5.41) is 0. The summed E-state index contributed by atoms with van der Waals surface area (Å²) >= 11 is 0. The van der Waals surface area contributed by atoms with Crippen LogP contribution in [0, 0.1) is 13.8 Å². The first kappa shape index (κ1) is 16.2. The van der Waals surface area contributed by atoms with E-state index in [4.69, 9.17) is 0 Å². The van der Waals surface area contributed by atoms with E-state index in [0.29, 0.717) is 0 Å². The fourth-order valence-electron chi connectivity index (χ4n) is 1.44. The molecule has 0 atom stereocenters. The SMILES string of the molecule is C=C.CC.[CH2]c1ccc(-c2ccc(C)cc2)cc1. The molecule has 0 aliphatic heterocycles. The van der Waals surface area contributed by atoms with Crippen LogP contribution in [0.15, 0.2) is 61.7 Å². The molecular weight excluding hydrogens is 216 g/mol. The lowest BCUT2D eigenvalue weighted by Crippen LogP contribution is -1.78. The maximum Gasteiger partial charge on any atom is -0.0184 e. The van der Waals surface area contributed by atoms with Gasteiger partial charge in [-0.05, 0) is 30.5 Å². The number of hydrogen-bond acceptors (Lipinski definition) is 0. The highest BCUT2D eigenvalue weighted by Crippen LogP contribution is 2.19. The Morgan fingerprint density at radius 2 is 1.00 bits per heavy atom. The minimum atomic E-state index is 1.06. The van der Waals surface area contributed by atoms with Crippen molar-refractivity contribution in [1.82, 2.24) is 0 Å². The van der Waals surface area contributed by atoms with E-state index >= 15 is 0 Å². The first-order valence-corrected chi connectivity index (χ1v) is 6.25. The highest BCUT2D eigenvalue weighted by Gasteiger charge is 1.95. The Balaban J connectivity index is 0.000000659. The highest BCUT2D eigenvalue weighted by molar-refractivity contribution is 5.63. The Labute approximate surface area is 112 Å². The van der Waals surface area contributed by atoms with Crippen LogP contribution in [-0.2, 0) is 0 Å². The average molecular weight is 239 g/mol. The summed E-state index contributed by atoms with van der Waals surface area (Å²) < 4.78 is 0. The molecule has 2 aromatic carbocycles. The first-order valence-electron chi connectivity index (χ1n) is 6.25. The molecule has 0 aliphatic rings. The van der Waals surface area contributed by atoms with Crippen LogP contribution < -0.4 is 0 Å². The molecule has 0 amide bonds. The molecule has 0 saturated carbocycles. The van der Waals surface area contributed by atoms with Gasteiger partial charge >= 0.3 is 0 Å². The first-order chi connectivity index (χ1) is 8.75. The summed E-state index contributed by atoms with van der Waals surface area (Å²) in [6.45, 7) is 16.0. The van der Waals surface area contributed by atoms with Crippen LogP contribution in [0.25, 0.3) is 11.1 Å². The van der Waals surface area contributed by atoms with Crippen LogP contribution in [0.5, 0.6) is 0 Å². The molecule has 0 bridgehead atoms. The Morgan fingerprint density at radius 3 is 1.39 bits per heavy atom. The van der Waals surface area contributed by atoms with Crippen LogP contribution in [0.1, 0.15) is 25.0 Å². The lowest BCUT2D eigenvalue weighted by molar-refractivity contribution is 1.47. The van der Waals surface area contributed by atoms with Gasteiger partial charge in [0, 0.05) is 0 Å². The molecule has 0 unspecified atom stereocenters. The lowest BCUT2D eigenvalue weighted by atomic mass is 10.0. The summed E-state index contributed by atoms with van der Waals surface area (Å²) in [7, 11) is 0. The van der Waals surface area contributed by atoms with E-state index in [-0.39, 0.29) is 0 Å². The van der Waals surface area contributed by atoms with Gasteiger partial charge in [-0.3, -0.25) is 0 Å². The molecule has 0 heteroatoms. The molecule has 18 heavy (non-hydrogen) atoms. The van der Waals surface area contributed by atoms with E-state index in [0.717, 1.165) is 5.56 Å². The summed E-state index contributed by atoms with van der Waals surface area (Å²) in [5.41, 5.74) is 4.86. The second-order valence-corrected chi connectivity index (χ2v) is 3.56. The molecule has 1 radical (unpaired) electrons. The third-order valence-corrected chi connectivity index (χ3v) is 2.34. The Morgan fingerprint density at radius 1 is 0.667 bits per heavy atom. The van der Waals surface area contributed by atoms with Crippen molar-refractivity contribution in [3.05, 3.63) is 79.7 Å². The maximum atomic E-state index is 3.87. The number of rotatable bonds is 1. The third kappa shape index (κ3) is 5.01. The zero-order chi connectivity index (χ0) is 14.0. The summed E-state index contributed by atoms with van der Waals surface area (Å²) in [5.74, 6) is 0. The van der Waals surface area contributed by atoms with Gasteiger partial charge in [0.05, 0.1) is 0 Å². The second kappa shape index (κ2) is 9.23. The molecule has 95 valence electrons. The largest absolute Gasteiger partial charge is 0.106 e. The van der Waals surface area contributed by atoms with Gasteiger partial charge in [0.25, 0.3) is 0 Å². The van der Waals surface area contributed by atoms with Gasteiger partial charge in [0.2, 0.25) is 0 Å². The van der Waals surface area contributed by atoms with E-state index in [9.17, 15) is 0 Å². The number of aryl methyl sites for hydroxylation is 1. The molecule has 0 saturated heterocycles. The van der Waals surface area contributed by atoms with Crippen molar-refractivity contribution in [1.29, 1.82) is 0 Å². The molecule has 0 nitrogen and oxygen atoms in total. The van der Waals surface area contributed by atoms with Crippen LogP contribution in [0.2, 0.25) is 0 Å². The van der Waals surface area contributed by atoms with Gasteiger partial charge in [-0.15, -0.1) is 13.2 Å². The lowest BCUT2D eigenvalue weighted by Gasteiger charge is -2.02. The van der Waals surface area contributed by atoms with Crippen molar-refractivity contribution < 1.29 is 0 Å². The molecule has 0 aromatic heterocycles. The molecule has 2 rings (SSSR count). The molecule has 0 fully saturated rings.